The van der Waals surface area contributed by atoms with Gasteiger partial charge in [-0.05, 0) is 43.9 Å². The zero-order valence-electron chi connectivity index (χ0n) is 15.7. The largest absolute Gasteiger partial charge is 0.481 e. The molecule has 1 fully saturated rings. The van der Waals surface area contributed by atoms with Crippen molar-refractivity contribution < 1.29 is 19.7 Å². The van der Waals surface area contributed by atoms with Gasteiger partial charge in [-0.15, -0.1) is 0 Å². The Morgan fingerprint density at radius 3 is 2.58 bits per heavy atom. The predicted octanol–water partition coefficient (Wildman–Crippen LogP) is 5.30. The van der Waals surface area contributed by atoms with E-state index in [4.69, 9.17) is 14.9 Å². The molecular formula is C20H34O4. The topological polar surface area (TPSA) is 55.8 Å². The number of allylic oxidation sites excluding steroid dienone is 3. The number of carboxylic acids is 1. The molecule has 0 bridgehead atoms. The van der Waals surface area contributed by atoms with Crippen molar-refractivity contribution in [2.24, 2.45) is 11.8 Å². The van der Waals surface area contributed by atoms with Gasteiger partial charge in [-0.1, -0.05) is 58.4 Å². The van der Waals surface area contributed by atoms with Gasteiger partial charge in [0.1, 0.15) is 11.7 Å². The van der Waals surface area contributed by atoms with E-state index in [1.54, 1.807) is 0 Å². The van der Waals surface area contributed by atoms with Gasteiger partial charge in [0.2, 0.25) is 0 Å². The third-order valence-corrected chi connectivity index (χ3v) is 5.00. The molecule has 1 rings (SSSR count). The van der Waals surface area contributed by atoms with Gasteiger partial charge < -0.3 is 5.11 Å². The Balaban J connectivity index is 2.71. The summed E-state index contributed by atoms with van der Waals surface area (Å²) in [5.74, 6) is -0.0714. The molecule has 0 aliphatic carbocycles. The molecular weight excluding hydrogens is 304 g/mol. The summed E-state index contributed by atoms with van der Waals surface area (Å²) in [6.07, 6.45) is 14.2. The third-order valence-electron chi connectivity index (χ3n) is 5.00. The van der Waals surface area contributed by atoms with Crippen LogP contribution < -0.4 is 0 Å². The molecule has 24 heavy (non-hydrogen) atoms. The van der Waals surface area contributed by atoms with E-state index in [1.807, 2.05) is 0 Å². The van der Waals surface area contributed by atoms with Crippen LogP contribution in [-0.4, -0.2) is 22.8 Å². The minimum absolute atomic E-state index is 0.00172. The van der Waals surface area contributed by atoms with Crippen LogP contribution in [0, 0.1) is 11.8 Å². The fraction of sp³-hybridized carbons (Fsp3) is 0.750. The smallest absolute Gasteiger partial charge is 0.306 e. The number of hydrogen-bond acceptors (Lipinski definition) is 3. The van der Waals surface area contributed by atoms with Crippen molar-refractivity contribution in [3.63, 3.8) is 0 Å². The Kier molecular flexibility index (Phi) is 9.30. The van der Waals surface area contributed by atoms with E-state index in [0.717, 1.165) is 38.5 Å². The Morgan fingerprint density at radius 2 is 2.04 bits per heavy atom. The van der Waals surface area contributed by atoms with Gasteiger partial charge in [0.15, 0.2) is 0 Å². The molecule has 0 unspecified atom stereocenters. The summed E-state index contributed by atoms with van der Waals surface area (Å²) in [5, 5.41) is 9.01. The van der Waals surface area contributed by atoms with Crippen LogP contribution in [0.25, 0.3) is 0 Å². The Hall–Kier alpha value is -1.13. The number of rotatable bonds is 10. The molecule has 0 radical (unpaired) electrons. The van der Waals surface area contributed by atoms with E-state index in [2.05, 4.69) is 52.0 Å². The van der Waals surface area contributed by atoms with Crippen LogP contribution in [-0.2, 0) is 14.6 Å². The molecule has 0 amide bonds. The van der Waals surface area contributed by atoms with Gasteiger partial charge in [-0.2, -0.15) is 0 Å². The SMILES string of the molecule is CC/C=C/[C@H](CC)C/C=C/[C@@]1(CC)C[C@H](CC)[C@H](CC(=O)O)OO1. The lowest BCUT2D eigenvalue weighted by Crippen LogP contribution is -2.44. The highest BCUT2D eigenvalue weighted by Gasteiger charge is 2.41. The van der Waals surface area contributed by atoms with Crippen molar-refractivity contribution in [2.45, 2.75) is 84.3 Å². The van der Waals surface area contributed by atoms with Crippen LogP contribution in [0.1, 0.15) is 72.6 Å². The lowest BCUT2D eigenvalue weighted by molar-refractivity contribution is -0.409. The second-order valence-electron chi connectivity index (χ2n) is 6.75. The molecule has 1 heterocycles. The van der Waals surface area contributed by atoms with Crippen molar-refractivity contribution >= 4 is 5.97 Å². The average Bonchev–Trinajstić information content (AvgIpc) is 2.58. The van der Waals surface area contributed by atoms with Gasteiger partial charge in [0.05, 0.1) is 6.42 Å². The van der Waals surface area contributed by atoms with E-state index in [1.165, 1.54) is 0 Å². The van der Waals surface area contributed by atoms with Crippen molar-refractivity contribution in [3.8, 4) is 0 Å². The fourth-order valence-corrected chi connectivity index (χ4v) is 3.21. The van der Waals surface area contributed by atoms with E-state index in [0.29, 0.717) is 5.92 Å². The van der Waals surface area contributed by atoms with E-state index < -0.39 is 11.6 Å². The summed E-state index contributed by atoms with van der Waals surface area (Å²) in [6, 6.07) is 0. The molecule has 138 valence electrons. The number of aliphatic carboxylic acids is 1. The summed E-state index contributed by atoms with van der Waals surface area (Å²) in [5.41, 5.74) is -0.428. The van der Waals surface area contributed by atoms with Crippen LogP contribution in [0.3, 0.4) is 0 Å². The molecule has 4 nitrogen and oxygen atoms in total. The van der Waals surface area contributed by atoms with Crippen molar-refractivity contribution in [1.29, 1.82) is 0 Å². The third kappa shape index (κ3) is 6.40. The highest BCUT2D eigenvalue weighted by atomic mass is 17.2. The lowest BCUT2D eigenvalue weighted by atomic mass is 9.81. The Morgan fingerprint density at radius 1 is 1.29 bits per heavy atom. The monoisotopic (exact) mass is 338 g/mol. The standard InChI is InChI=1S/C20H34O4/c1-5-9-11-16(6-2)12-10-13-20(8-4)15-17(7-3)18(23-24-20)14-19(21)22/h9-11,13,16-18H,5-8,12,14-15H2,1-4H3,(H,21,22)/b11-9+,13-10+/t16-,17-,18-,20-/m0/s1. The normalized spacial score (nSPS) is 29.3. The zero-order valence-corrected chi connectivity index (χ0v) is 15.7. The number of hydrogen-bond donors (Lipinski definition) is 1. The predicted molar refractivity (Wildman–Crippen MR) is 96.6 cm³/mol. The highest BCUT2D eigenvalue weighted by molar-refractivity contribution is 5.67. The quantitative estimate of drug-likeness (QED) is 0.434. The van der Waals surface area contributed by atoms with Crippen LogP contribution in [0.4, 0.5) is 0 Å². The lowest BCUT2D eigenvalue weighted by Gasteiger charge is -2.40. The summed E-state index contributed by atoms with van der Waals surface area (Å²) in [7, 11) is 0. The molecule has 0 aromatic heterocycles. The Labute approximate surface area is 146 Å². The van der Waals surface area contributed by atoms with E-state index in [-0.39, 0.29) is 18.4 Å². The van der Waals surface area contributed by atoms with E-state index >= 15 is 0 Å². The molecule has 1 aliphatic rings. The minimum atomic E-state index is -0.838. The van der Waals surface area contributed by atoms with Gasteiger partial charge in [-0.25, -0.2) is 9.78 Å². The van der Waals surface area contributed by atoms with Gasteiger partial charge in [0.25, 0.3) is 0 Å². The van der Waals surface area contributed by atoms with Crippen LogP contribution in [0.15, 0.2) is 24.3 Å². The van der Waals surface area contributed by atoms with Gasteiger partial charge in [-0.3, -0.25) is 4.79 Å². The molecule has 0 aromatic carbocycles. The van der Waals surface area contributed by atoms with Crippen molar-refractivity contribution in [2.75, 3.05) is 0 Å². The maximum atomic E-state index is 11.0. The summed E-state index contributed by atoms with van der Waals surface area (Å²) < 4.78 is 0. The molecule has 0 aromatic rings. The van der Waals surface area contributed by atoms with Crippen LogP contribution in [0.2, 0.25) is 0 Å². The number of carbonyl (C=O) groups is 1. The maximum Gasteiger partial charge on any atom is 0.306 e. The molecule has 1 aliphatic heterocycles. The molecule has 1 saturated heterocycles. The fourth-order valence-electron chi connectivity index (χ4n) is 3.21. The first-order chi connectivity index (χ1) is 11.5. The average molecular weight is 338 g/mol. The molecule has 1 N–H and O–H groups in total. The summed E-state index contributed by atoms with van der Waals surface area (Å²) >= 11 is 0. The maximum absolute atomic E-state index is 11.0. The second kappa shape index (κ2) is 10.7. The first-order valence-electron chi connectivity index (χ1n) is 9.40. The first-order valence-corrected chi connectivity index (χ1v) is 9.40. The zero-order chi connectivity index (χ0) is 18.0. The van der Waals surface area contributed by atoms with E-state index in [9.17, 15) is 4.79 Å². The van der Waals surface area contributed by atoms with Crippen LogP contribution in [0.5, 0.6) is 0 Å². The molecule has 4 atom stereocenters. The van der Waals surface area contributed by atoms with Gasteiger partial charge >= 0.3 is 5.97 Å². The Bertz CT molecular complexity index is 429. The molecule has 0 spiro atoms. The highest BCUT2D eigenvalue weighted by Crippen LogP contribution is 2.38. The van der Waals surface area contributed by atoms with Gasteiger partial charge in [0, 0.05) is 0 Å². The summed E-state index contributed by atoms with van der Waals surface area (Å²) in [4.78, 5) is 22.2. The van der Waals surface area contributed by atoms with Crippen molar-refractivity contribution in [1.82, 2.24) is 0 Å². The number of carboxylic acid groups (broad SMARTS) is 1. The minimum Gasteiger partial charge on any atom is -0.481 e. The molecule has 4 heteroatoms. The molecule has 0 saturated carbocycles. The van der Waals surface area contributed by atoms with Crippen LogP contribution >= 0.6 is 0 Å². The first kappa shape index (κ1) is 20.9. The summed E-state index contributed by atoms with van der Waals surface area (Å²) in [6.45, 7) is 8.53. The second-order valence-corrected chi connectivity index (χ2v) is 6.75. The van der Waals surface area contributed by atoms with Crippen molar-refractivity contribution in [3.05, 3.63) is 24.3 Å².